The number of benzene rings is 1. The average Bonchev–Trinajstić information content (AvgIpc) is 2.16. The second kappa shape index (κ2) is 5.30. The number of hydrogen-bond acceptors (Lipinski definition) is 3. The molecule has 1 amide bonds. The summed E-state index contributed by atoms with van der Waals surface area (Å²) >= 11 is 0. The largest absolute Gasteiger partial charge is 0.376 e. The summed E-state index contributed by atoms with van der Waals surface area (Å²) in [6.07, 6.45) is -0.0816. The molecule has 0 spiro atoms. The van der Waals surface area contributed by atoms with Gasteiger partial charge in [-0.3, -0.25) is 9.59 Å². The zero-order valence-electron chi connectivity index (χ0n) is 9.78. The minimum atomic E-state index is -0.276. The summed E-state index contributed by atoms with van der Waals surface area (Å²) in [4.78, 5) is 24.1. The van der Waals surface area contributed by atoms with Crippen molar-refractivity contribution >= 4 is 23.1 Å². The lowest BCUT2D eigenvalue weighted by molar-refractivity contribution is -0.124. The molecule has 1 N–H and O–H groups in total. The van der Waals surface area contributed by atoms with Crippen molar-refractivity contribution in [1.29, 1.82) is 0 Å². The Kier molecular flexibility index (Phi) is 4.05. The molecule has 0 bridgehead atoms. The smallest absolute Gasteiger partial charge is 0.231 e. The van der Waals surface area contributed by atoms with Crippen molar-refractivity contribution in [3.63, 3.8) is 0 Å². The molecular weight excluding hydrogens is 204 g/mol. The molecule has 1 rings (SSSR count). The van der Waals surface area contributed by atoms with Crippen molar-refractivity contribution in [1.82, 2.24) is 0 Å². The summed E-state index contributed by atoms with van der Waals surface area (Å²) in [6, 6.07) is 7.46. The van der Waals surface area contributed by atoms with Gasteiger partial charge in [-0.2, -0.15) is 0 Å². The van der Waals surface area contributed by atoms with Gasteiger partial charge in [-0.25, -0.2) is 0 Å². The molecule has 0 saturated carbocycles. The molecule has 0 heterocycles. The molecule has 0 aliphatic rings. The molecule has 0 unspecified atom stereocenters. The molecule has 0 saturated heterocycles. The highest BCUT2D eigenvalue weighted by Crippen LogP contribution is 2.23. The Morgan fingerprint density at radius 2 is 1.88 bits per heavy atom. The van der Waals surface area contributed by atoms with Crippen LogP contribution in [0.15, 0.2) is 24.3 Å². The number of hydrogen-bond donors (Lipinski definition) is 1. The number of carbonyl (C=O) groups excluding carboxylic acids is 2. The normalized spacial score (nSPS) is 9.69. The zero-order valence-corrected chi connectivity index (χ0v) is 9.78. The minimum Gasteiger partial charge on any atom is -0.376 e. The highest BCUT2D eigenvalue weighted by Gasteiger charge is 2.09. The molecule has 86 valence electrons. The number of ketones is 1. The molecule has 4 heteroatoms. The van der Waals surface area contributed by atoms with E-state index in [1.54, 1.807) is 0 Å². The number of rotatable bonds is 4. The van der Waals surface area contributed by atoms with Crippen LogP contribution < -0.4 is 10.2 Å². The fourth-order valence-corrected chi connectivity index (χ4v) is 1.39. The number of Topliss-reactive ketones (excluding diaryl/α,β-unsaturated/α-hetero) is 1. The lowest BCUT2D eigenvalue weighted by atomic mass is 10.2. The van der Waals surface area contributed by atoms with E-state index in [0.717, 1.165) is 11.4 Å². The van der Waals surface area contributed by atoms with Gasteiger partial charge in [-0.15, -0.1) is 0 Å². The first-order valence-corrected chi connectivity index (χ1v) is 5.06. The Morgan fingerprint density at radius 1 is 1.25 bits per heavy atom. The number of nitrogens with one attached hydrogen (secondary N) is 1. The van der Waals surface area contributed by atoms with E-state index in [9.17, 15) is 9.59 Å². The maximum atomic E-state index is 11.4. The lowest BCUT2D eigenvalue weighted by Gasteiger charge is -2.17. The van der Waals surface area contributed by atoms with Gasteiger partial charge in [0.05, 0.1) is 17.8 Å². The Morgan fingerprint density at radius 3 is 2.44 bits per heavy atom. The van der Waals surface area contributed by atoms with Crippen LogP contribution in [0.1, 0.15) is 13.3 Å². The summed E-state index contributed by atoms with van der Waals surface area (Å²) in [6.45, 7) is 1.40. The Hall–Kier alpha value is -1.84. The van der Waals surface area contributed by atoms with Crippen LogP contribution in [0.4, 0.5) is 11.4 Å². The quantitative estimate of drug-likeness (QED) is 0.785. The van der Waals surface area contributed by atoms with Gasteiger partial charge in [-0.05, 0) is 19.1 Å². The van der Waals surface area contributed by atoms with Crippen molar-refractivity contribution in [2.45, 2.75) is 13.3 Å². The first-order valence-electron chi connectivity index (χ1n) is 5.06. The monoisotopic (exact) mass is 220 g/mol. The van der Waals surface area contributed by atoms with Crippen LogP contribution in [-0.2, 0) is 9.59 Å². The van der Waals surface area contributed by atoms with Crippen LogP contribution in [-0.4, -0.2) is 25.8 Å². The highest BCUT2D eigenvalue weighted by atomic mass is 16.2. The van der Waals surface area contributed by atoms with Crippen molar-refractivity contribution in [3.05, 3.63) is 24.3 Å². The Labute approximate surface area is 95.3 Å². The molecule has 0 aliphatic heterocycles. The zero-order chi connectivity index (χ0) is 12.1. The molecule has 1 aromatic rings. The molecule has 0 aromatic heterocycles. The van der Waals surface area contributed by atoms with Gasteiger partial charge in [0.1, 0.15) is 5.78 Å². The average molecular weight is 220 g/mol. The molecule has 1 aromatic carbocycles. The molecule has 0 atom stereocenters. The van der Waals surface area contributed by atoms with E-state index < -0.39 is 0 Å². The van der Waals surface area contributed by atoms with Crippen molar-refractivity contribution in [3.8, 4) is 0 Å². The Bertz CT molecular complexity index is 400. The van der Waals surface area contributed by atoms with E-state index in [0.29, 0.717) is 0 Å². The third kappa shape index (κ3) is 3.38. The van der Waals surface area contributed by atoms with Gasteiger partial charge in [0.25, 0.3) is 0 Å². The van der Waals surface area contributed by atoms with Crippen LogP contribution in [0.2, 0.25) is 0 Å². The second-order valence-electron chi connectivity index (χ2n) is 3.84. The lowest BCUT2D eigenvalue weighted by Crippen LogP contribution is -2.18. The second-order valence-corrected chi connectivity index (χ2v) is 3.84. The van der Waals surface area contributed by atoms with Gasteiger partial charge in [0, 0.05) is 14.1 Å². The standard InChI is InChI=1S/C12H16N2O2/c1-9(15)8-12(16)13-10-6-4-5-7-11(10)14(2)3/h4-7H,8H2,1-3H3,(H,13,16). The number of carbonyl (C=O) groups is 2. The third-order valence-corrected chi connectivity index (χ3v) is 2.07. The molecular formula is C12H16N2O2. The molecule has 16 heavy (non-hydrogen) atoms. The van der Waals surface area contributed by atoms with E-state index in [1.165, 1.54) is 6.92 Å². The van der Waals surface area contributed by atoms with Gasteiger partial charge in [0.2, 0.25) is 5.91 Å². The van der Waals surface area contributed by atoms with E-state index in [2.05, 4.69) is 5.32 Å². The summed E-state index contributed by atoms with van der Waals surface area (Å²) in [5, 5.41) is 2.72. The summed E-state index contributed by atoms with van der Waals surface area (Å²) < 4.78 is 0. The SMILES string of the molecule is CC(=O)CC(=O)Nc1ccccc1N(C)C. The van der Waals surface area contributed by atoms with Crippen molar-refractivity contribution in [2.24, 2.45) is 0 Å². The van der Waals surface area contributed by atoms with E-state index in [4.69, 9.17) is 0 Å². The number of anilines is 2. The maximum Gasteiger partial charge on any atom is 0.231 e. The highest BCUT2D eigenvalue weighted by molar-refractivity contribution is 6.04. The van der Waals surface area contributed by atoms with Crippen molar-refractivity contribution in [2.75, 3.05) is 24.3 Å². The fraction of sp³-hybridized carbons (Fsp3) is 0.333. The van der Waals surface area contributed by atoms with Crippen LogP contribution in [0.3, 0.4) is 0 Å². The Balaban J connectivity index is 2.80. The van der Waals surface area contributed by atoms with Crippen LogP contribution >= 0.6 is 0 Å². The van der Waals surface area contributed by atoms with E-state index >= 15 is 0 Å². The van der Waals surface area contributed by atoms with Crippen LogP contribution in [0.25, 0.3) is 0 Å². The van der Waals surface area contributed by atoms with Crippen LogP contribution in [0, 0.1) is 0 Å². The predicted octanol–water partition coefficient (Wildman–Crippen LogP) is 1.67. The van der Waals surface area contributed by atoms with Gasteiger partial charge in [0.15, 0.2) is 0 Å². The minimum absolute atomic E-state index is 0.0816. The van der Waals surface area contributed by atoms with Gasteiger partial charge in [-0.1, -0.05) is 12.1 Å². The maximum absolute atomic E-state index is 11.4. The number of para-hydroxylation sites is 2. The van der Waals surface area contributed by atoms with Crippen LogP contribution in [0.5, 0.6) is 0 Å². The van der Waals surface area contributed by atoms with E-state index in [-0.39, 0.29) is 18.1 Å². The predicted molar refractivity (Wildman–Crippen MR) is 64.7 cm³/mol. The van der Waals surface area contributed by atoms with Gasteiger partial charge < -0.3 is 10.2 Å². The molecule has 4 nitrogen and oxygen atoms in total. The molecule has 0 aliphatic carbocycles. The molecule has 0 fully saturated rings. The fourth-order valence-electron chi connectivity index (χ4n) is 1.39. The third-order valence-electron chi connectivity index (χ3n) is 2.07. The summed E-state index contributed by atoms with van der Waals surface area (Å²) in [5.41, 5.74) is 1.64. The molecule has 0 radical (unpaired) electrons. The topological polar surface area (TPSA) is 49.4 Å². The van der Waals surface area contributed by atoms with Gasteiger partial charge >= 0.3 is 0 Å². The summed E-state index contributed by atoms with van der Waals surface area (Å²) in [7, 11) is 3.80. The van der Waals surface area contributed by atoms with E-state index in [1.807, 2.05) is 43.3 Å². The number of nitrogens with zero attached hydrogens (tertiary/aromatic N) is 1. The first-order chi connectivity index (χ1) is 7.50. The number of amides is 1. The first kappa shape index (κ1) is 12.2. The summed E-state index contributed by atoms with van der Waals surface area (Å²) in [5.74, 6) is -0.415. The van der Waals surface area contributed by atoms with Crippen molar-refractivity contribution < 1.29 is 9.59 Å².